The maximum absolute atomic E-state index is 5.83. The Hall–Kier alpha value is -0.770. The molecule has 0 aliphatic heterocycles. The fraction of sp³-hybridized carbons (Fsp3) is 0.917. The van der Waals surface area contributed by atoms with Crippen LogP contribution < -0.4 is 0 Å². The second kappa shape index (κ2) is 5.53. The van der Waals surface area contributed by atoms with Crippen molar-refractivity contribution in [2.45, 2.75) is 31.8 Å². The minimum absolute atomic E-state index is 0.145. The van der Waals surface area contributed by atoms with E-state index in [1.165, 1.54) is 19.3 Å². The Labute approximate surface area is 99.3 Å². The Morgan fingerprint density at radius 3 is 2.12 bits per heavy atom. The van der Waals surface area contributed by atoms with Crippen LogP contribution in [0, 0.1) is 0 Å². The summed E-state index contributed by atoms with van der Waals surface area (Å²) in [6.45, 7) is 3.65. The molecule has 1 fully saturated rings. The zero-order chi connectivity index (χ0) is 12.2. The first-order valence-corrected chi connectivity index (χ1v) is 5.98. The predicted molar refractivity (Wildman–Crippen MR) is 67.9 cm³/mol. The van der Waals surface area contributed by atoms with Crippen LogP contribution in [0.15, 0.2) is 4.99 Å². The van der Waals surface area contributed by atoms with Gasteiger partial charge < -0.3 is 14.5 Å². The SMILES string of the molecule is CN(C)C(=NCCOC1(C)CCC1)N(C)C. The van der Waals surface area contributed by atoms with Gasteiger partial charge in [0.25, 0.3) is 0 Å². The van der Waals surface area contributed by atoms with Gasteiger partial charge in [0, 0.05) is 28.2 Å². The standard InChI is InChI=1S/C12H25N3O/c1-12(7-6-8-12)16-10-9-13-11(14(2)3)15(4)5/h6-10H2,1-5H3. The van der Waals surface area contributed by atoms with Gasteiger partial charge >= 0.3 is 0 Å². The molecule has 16 heavy (non-hydrogen) atoms. The van der Waals surface area contributed by atoms with Crippen LogP contribution in [0.2, 0.25) is 0 Å². The van der Waals surface area contributed by atoms with Crippen molar-refractivity contribution < 1.29 is 4.74 Å². The number of guanidine groups is 1. The summed E-state index contributed by atoms with van der Waals surface area (Å²) >= 11 is 0. The van der Waals surface area contributed by atoms with Crippen molar-refractivity contribution in [1.29, 1.82) is 0 Å². The monoisotopic (exact) mass is 227 g/mol. The van der Waals surface area contributed by atoms with Crippen LogP contribution in [0.25, 0.3) is 0 Å². The second-order valence-electron chi connectivity index (χ2n) is 5.12. The van der Waals surface area contributed by atoms with Gasteiger partial charge in [-0.1, -0.05) is 0 Å². The van der Waals surface area contributed by atoms with Gasteiger partial charge in [-0.15, -0.1) is 0 Å². The van der Waals surface area contributed by atoms with E-state index in [4.69, 9.17) is 4.74 Å². The minimum Gasteiger partial charge on any atom is -0.373 e. The van der Waals surface area contributed by atoms with Crippen LogP contribution in [0.3, 0.4) is 0 Å². The Kier molecular flexibility index (Phi) is 4.59. The van der Waals surface area contributed by atoms with Crippen LogP contribution >= 0.6 is 0 Å². The molecule has 1 aliphatic carbocycles. The van der Waals surface area contributed by atoms with Crippen molar-refractivity contribution >= 4 is 5.96 Å². The van der Waals surface area contributed by atoms with Crippen molar-refractivity contribution in [3.8, 4) is 0 Å². The summed E-state index contributed by atoms with van der Waals surface area (Å²) < 4.78 is 5.83. The molecule has 0 bridgehead atoms. The molecule has 0 amide bonds. The van der Waals surface area contributed by atoms with Crippen molar-refractivity contribution in [1.82, 2.24) is 9.80 Å². The minimum atomic E-state index is 0.145. The van der Waals surface area contributed by atoms with E-state index in [0.717, 1.165) is 19.1 Å². The molecule has 0 aromatic carbocycles. The molecule has 1 aliphatic rings. The molecule has 0 atom stereocenters. The molecule has 4 heteroatoms. The summed E-state index contributed by atoms with van der Waals surface area (Å²) in [4.78, 5) is 8.57. The van der Waals surface area contributed by atoms with E-state index in [9.17, 15) is 0 Å². The van der Waals surface area contributed by atoms with Gasteiger partial charge in [0.15, 0.2) is 5.96 Å². The number of aliphatic imine (C=N–C) groups is 1. The molecule has 0 radical (unpaired) electrons. The third-order valence-corrected chi connectivity index (χ3v) is 3.01. The predicted octanol–water partition coefficient (Wildman–Crippen LogP) is 1.42. The van der Waals surface area contributed by atoms with Gasteiger partial charge in [-0.2, -0.15) is 0 Å². The van der Waals surface area contributed by atoms with Crippen molar-refractivity contribution in [2.75, 3.05) is 41.3 Å². The first kappa shape index (κ1) is 13.3. The smallest absolute Gasteiger partial charge is 0.195 e. The quantitative estimate of drug-likeness (QED) is 0.413. The number of nitrogens with zero attached hydrogens (tertiary/aromatic N) is 3. The summed E-state index contributed by atoms with van der Waals surface area (Å²) in [5.74, 6) is 0.988. The molecule has 0 N–H and O–H groups in total. The van der Waals surface area contributed by atoms with Crippen LogP contribution in [0.5, 0.6) is 0 Å². The van der Waals surface area contributed by atoms with Crippen molar-refractivity contribution in [2.24, 2.45) is 4.99 Å². The van der Waals surface area contributed by atoms with E-state index in [1.807, 2.05) is 38.0 Å². The van der Waals surface area contributed by atoms with Crippen LogP contribution in [-0.4, -0.2) is 62.7 Å². The van der Waals surface area contributed by atoms with Gasteiger partial charge in [-0.05, 0) is 26.2 Å². The zero-order valence-corrected chi connectivity index (χ0v) is 11.3. The molecule has 1 rings (SSSR count). The third-order valence-electron chi connectivity index (χ3n) is 3.01. The average molecular weight is 227 g/mol. The summed E-state index contributed by atoms with van der Waals surface area (Å²) in [6, 6.07) is 0. The molecule has 0 spiro atoms. The Morgan fingerprint density at radius 1 is 1.19 bits per heavy atom. The van der Waals surface area contributed by atoms with E-state index in [0.29, 0.717) is 0 Å². The highest BCUT2D eigenvalue weighted by Gasteiger charge is 2.32. The van der Waals surface area contributed by atoms with Crippen LogP contribution in [0.4, 0.5) is 0 Å². The van der Waals surface area contributed by atoms with Gasteiger partial charge in [0.1, 0.15) is 0 Å². The van der Waals surface area contributed by atoms with Gasteiger partial charge in [0.05, 0.1) is 18.8 Å². The van der Waals surface area contributed by atoms with Crippen LogP contribution in [-0.2, 0) is 4.74 Å². The molecule has 0 aromatic heterocycles. The summed E-state index contributed by atoms with van der Waals surface area (Å²) in [5, 5.41) is 0. The normalized spacial score (nSPS) is 17.6. The van der Waals surface area contributed by atoms with Crippen molar-refractivity contribution in [3.05, 3.63) is 0 Å². The van der Waals surface area contributed by atoms with E-state index in [2.05, 4.69) is 11.9 Å². The Balaban J connectivity index is 2.28. The highest BCUT2D eigenvalue weighted by molar-refractivity contribution is 5.79. The molecule has 0 heterocycles. The van der Waals surface area contributed by atoms with Crippen molar-refractivity contribution in [3.63, 3.8) is 0 Å². The lowest BCUT2D eigenvalue weighted by atomic mass is 9.82. The molecule has 0 aromatic rings. The van der Waals surface area contributed by atoms with Crippen LogP contribution in [0.1, 0.15) is 26.2 Å². The van der Waals surface area contributed by atoms with E-state index in [-0.39, 0.29) is 5.60 Å². The molecule has 4 nitrogen and oxygen atoms in total. The molecular formula is C12H25N3O. The Bertz CT molecular complexity index is 235. The maximum atomic E-state index is 5.83. The fourth-order valence-corrected chi connectivity index (χ4v) is 1.94. The van der Waals surface area contributed by atoms with E-state index in [1.54, 1.807) is 0 Å². The van der Waals surface area contributed by atoms with Gasteiger partial charge in [0.2, 0.25) is 0 Å². The lowest BCUT2D eigenvalue weighted by Crippen LogP contribution is -2.38. The molecular weight excluding hydrogens is 202 g/mol. The number of hydrogen-bond acceptors (Lipinski definition) is 2. The third kappa shape index (κ3) is 3.67. The molecule has 1 saturated carbocycles. The van der Waals surface area contributed by atoms with Gasteiger partial charge in [-0.3, -0.25) is 4.99 Å². The summed E-state index contributed by atoms with van der Waals surface area (Å²) in [7, 11) is 8.03. The summed E-state index contributed by atoms with van der Waals surface area (Å²) in [6.07, 6.45) is 3.70. The number of ether oxygens (including phenoxy) is 1. The molecule has 0 saturated heterocycles. The highest BCUT2D eigenvalue weighted by Crippen LogP contribution is 2.34. The first-order chi connectivity index (χ1) is 7.44. The second-order valence-corrected chi connectivity index (χ2v) is 5.12. The van der Waals surface area contributed by atoms with E-state index < -0.39 is 0 Å². The summed E-state index contributed by atoms with van der Waals surface area (Å²) in [5.41, 5.74) is 0.145. The largest absolute Gasteiger partial charge is 0.373 e. The molecule has 0 unspecified atom stereocenters. The topological polar surface area (TPSA) is 28.1 Å². The fourth-order valence-electron chi connectivity index (χ4n) is 1.94. The van der Waals surface area contributed by atoms with E-state index >= 15 is 0 Å². The first-order valence-electron chi connectivity index (χ1n) is 5.98. The number of rotatable bonds is 4. The average Bonchev–Trinajstić information content (AvgIpc) is 2.13. The lowest BCUT2D eigenvalue weighted by molar-refractivity contribution is -0.0818. The Morgan fingerprint density at radius 2 is 1.75 bits per heavy atom. The maximum Gasteiger partial charge on any atom is 0.195 e. The zero-order valence-electron chi connectivity index (χ0n) is 11.3. The highest BCUT2D eigenvalue weighted by atomic mass is 16.5. The van der Waals surface area contributed by atoms with Gasteiger partial charge in [-0.25, -0.2) is 0 Å². The number of hydrogen-bond donors (Lipinski definition) is 0. The lowest BCUT2D eigenvalue weighted by Gasteiger charge is -2.38. The molecule has 94 valence electrons.